The van der Waals surface area contributed by atoms with Gasteiger partial charge in [0.15, 0.2) is 0 Å². The normalized spacial score (nSPS) is 10.5. The summed E-state index contributed by atoms with van der Waals surface area (Å²) in [5.74, 6) is 0.708. The van der Waals surface area contributed by atoms with Gasteiger partial charge in [0.2, 0.25) is 0 Å². The second-order valence-electron chi connectivity index (χ2n) is 2.64. The zero-order valence-corrected chi connectivity index (χ0v) is 7.25. The third-order valence-corrected chi connectivity index (χ3v) is 1.70. The van der Waals surface area contributed by atoms with Gasteiger partial charge in [-0.25, -0.2) is 0 Å². The molecule has 0 bridgehead atoms. The zero-order chi connectivity index (χ0) is 8.97. The third-order valence-electron chi connectivity index (χ3n) is 1.70. The van der Waals surface area contributed by atoms with Crippen molar-refractivity contribution < 1.29 is 0 Å². The predicted molar refractivity (Wildman–Crippen MR) is 48.4 cm³/mol. The van der Waals surface area contributed by atoms with Crippen LogP contribution in [0.1, 0.15) is 5.56 Å². The van der Waals surface area contributed by atoms with Gasteiger partial charge in [-0.05, 0) is 0 Å². The van der Waals surface area contributed by atoms with Gasteiger partial charge in [-0.15, -0.1) is 0 Å². The monoisotopic (exact) mass is 169 g/mol. The maximum Gasteiger partial charge on any atom is 0.125 e. The Hall–Kier alpha value is -1.07. The molecule has 1 heterocycles. The molecule has 1 aromatic rings. The number of nitrogens with one attached hydrogen (secondary N) is 1. The van der Waals surface area contributed by atoms with E-state index in [1.54, 1.807) is 10.9 Å². The van der Waals surface area contributed by atoms with Crippen LogP contribution in [0, 0.1) is 0 Å². The topological polar surface area (TPSA) is 81.9 Å². The maximum absolute atomic E-state index is 5.71. The number of nitrogens with zero attached hydrogens (tertiary/aromatic N) is 2. The molecule has 5 heteroatoms. The number of aromatic nitrogens is 2. The molecule has 0 saturated heterocycles. The first-order valence-corrected chi connectivity index (χ1v) is 3.93. The molecule has 1 aromatic heterocycles. The van der Waals surface area contributed by atoms with Crippen LogP contribution in [0.4, 0.5) is 5.82 Å². The Morgan fingerprint density at radius 3 is 2.92 bits per heavy atom. The highest BCUT2D eigenvalue weighted by molar-refractivity contribution is 5.37. The van der Waals surface area contributed by atoms with E-state index in [9.17, 15) is 0 Å². The second-order valence-corrected chi connectivity index (χ2v) is 2.64. The van der Waals surface area contributed by atoms with Gasteiger partial charge in [-0.2, -0.15) is 5.10 Å². The summed E-state index contributed by atoms with van der Waals surface area (Å²) >= 11 is 0. The van der Waals surface area contributed by atoms with Crippen LogP contribution in [-0.2, 0) is 13.6 Å². The molecule has 68 valence electrons. The molecule has 0 unspecified atom stereocenters. The zero-order valence-electron chi connectivity index (χ0n) is 7.25. The van der Waals surface area contributed by atoms with E-state index >= 15 is 0 Å². The summed E-state index contributed by atoms with van der Waals surface area (Å²) in [6.45, 7) is 2.17. The molecule has 1 rings (SSSR count). The Kier molecular flexibility index (Phi) is 3.07. The van der Waals surface area contributed by atoms with Gasteiger partial charge in [0.1, 0.15) is 5.82 Å². The third kappa shape index (κ3) is 1.96. The SMILES string of the molecule is Cn1ncc(CNCCN)c1N. The molecule has 0 aromatic carbocycles. The lowest BCUT2D eigenvalue weighted by atomic mass is 10.3. The van der Waals surface area contributed by atoms with E-state index in [2.05, 4.69) is 10.4 Å². The van der Waals surface area contributed by atoms with Gasteiger partial charge >= 0.3 is 0 Å². The molecule has 0 radical (unpaired) electrons. The van der Waals surface area contributed by atoms with Crippen molar-refractivity contribution in [3.63, 3.8) is 0 Å². The van der Waals surface area contributed by atoms with E-state index in [0.29, 0.717) is 12.4 Å². The van der Waals surface area contributed by atoms with Crippen molar-refractivity contribution in [3.05, 3.63) is 11.8 Å². The number of hydrogen-bond acceptors (Lipinski definition) is 4. The van der Waals surface area contributed by atoms with Gasteiger partial charge in [0.05, 0.1) is 6.20 Å². The minimum Gasteiger partial charge on any atom is -0.384 e. The minimum atomic E-state index is 0.639. The van der Waals surface area contributed by atoms with Crippen LogP contribution in [-0.4, -0.2) is 22.9 Å². The summed E-state index contributed by atoms with van der Waals surface area (Å²) < 4.78 is 1.65. The van der Waals surface area contributed by atoms with Gasteiger partial charge in [0.25, 0.3) is 0 Å². The van der Waals surface area contributed by atoms with Crippen molar-refractivity contribution in [3.8, 4) is 0 Å². The number of rotatable bonds is 4. The van der Waals surface area contributed by atoms with E-state index in [1.165, 1.54) is 0 Å². The summed E-state index contributed by atoms with van der Waals surface area (Å²) in [6.07, 6.45) is 1.76. The average Bonchev–Trinajstić information content (AvgIpc) is 2.36. The average molecular weight is 169 g/mol. The Bertz CT molecular complexity index is 242. The number of nitrogens with two attached hydrogens (primary N) is 2. The summed E-state index contributed by atoms with van der Waals surface area (Å²) in [5, 5.41) is 7.16. The standard InChI is InChI=1S/C7H15N5/c1-12-7(9)6(5-11-12)4-10-3-2-8/h5,10H,2-4,8-9H2,1H3. The summed E-state index contributed by atoms with van der Waals surface area (Å²) in [5.41, 5.74) is 12.1. The molecular weight excluding hydrogens is 154 g/mol. The maximum atomic E-state index is 5.71. The van der Waals surface area contributed by atoms with Crippen molar-refractivity contribution in [1.82, 2.24) is 15.1 Å². The van der Waals surface area contributed by atoms with Crippen molar-refractivity contribution >= 4 is 5.82 Å². The molecule has 0 fully saturated rings. The highest BCUT2D eigenvalue weighted by atomic mass is 15.3. The van der Waals surface area contributed by atoms with Gasteiger partial charge in [0, 0.05) is 32.2 Å². The van der Waals surface area contributed by atoms with Gasteiger partial charge in [-0.3, -0.25) is 4.68 Å². The minimum absolute atomic E-state index is 0.639. The Morgan fingerprint density at radius 2 is 2.42 bits per heavy atom. The largest absolute Gasteiger partial charge is 0.384 e. The molecule has 5 nitrogen and oxygen atoms in total. The Morgan fingerprint density at radius 1 is 1.67 bits per heavy atom. The molecule has 0 spiro atoms. The van der Waals surface area contributed by atoms with Gasteiger partial charge in [-0.1, -0.05) is 0 Å². The first kappa shape index (κ1) is 9.02. The smallest absolute Gasteiger partial charge is 0.125 e. The van der Waals surface area contributed by atoms with Crippen LogP contribution in [0.25, 0.3) is 0 Å². The fraction of sp³-hybridized carbons (Fsp3) is 0.571. The van der Waals surface area contributed by atoms with Crippen LogP contribution in [0.2, 0.25) is 0 Å². The summed E-state index contributed by atoms with van der Waals surface area (Å²) in [6, 6.07) is 0. The number of nitrogen functional groups attached to an aromatic ring is 1. The first-order chi connectivity index (χ1) is 5.75. The van der Waals surface area contributed by atoms with Crippen LogP contribution < -0.4 is 16.8 Å². The molecule has 0 aliphatic carbocycles. The molecule has 5 N–H and O–H groups in total. The molecular formula is C7H15N5. The first-order valence-electron chi connectivity index (χ1n) is 3.93. The van der Waals surface area contributed by atoms with Crippen LogP contribution in [0.3, 0.4) is 0 Å². The van der Waals surface area contributed by atoms with Crippen LogP contribution in [0.5, 0.6) is 0 Å². The van der Waals surface area contributed by atoms with Crippen LogP contribution in [0.15, 0.2) is 6.20 Å². The summed E-state index contributed by atoms with van der Waals surface area (Å²) in [4.78, 5) is 0. The Balaban J connectivity index is 2.46. The number of hydrogen-bond donors (Lipinski definition) is 3. The molecule has 0 saturated carbocycles. The quantitative estimate of drug-likeness (QED) is 0.508. The lowest BCUT2D eigenvalue weighted by Crippen LogP contribution is -2.22. The summed E-state index contributed by atoms with van der Waals surface area (Å²) in [7, 11) is 1.82. The van der Waals surface area contributed by atoms with E-state index < -0.39 is 0 Å². The van der Waals surface area contributed by atoms with E-state index in [1.807, 2.05) is 7.05 Å². The van der Waals surface area contributed by atoms with Crippen LogP contribution >= 0.6 is 0 Å². The van der Waals surface area contributed by atoms with E-state index in [-0.39, 0.29) is 0 Å². The lowest BCUT2D eigenvalue weighted by molar-refractivity contribution is 0.695. The second kappa shape index (κ2) is 4.08. The molecule has 12 heavy (non-hydrogen) atoms. The lowest BCUT2D eigenvalue weighted by Gasteiger charge is -2.01. The van der Waals surface area contributed by atoms with Crippen molar-refractivity contribution in [2.24, 2.45) is 12.8 Å². The number of anilines is 1. The fourth-order valence-electron chi connectivity index (χ4n) is 0.954. The highest BCUT2D eigenvalue weighted by Crippen LogP contribution is 2.07. The highest BCUT2D eigenvalue weighted by Gasteiger charge is 2.02. The van der Waals surface area contributed by atoms with Gasteiger partial charge < -0.3 is 16.8 Å². The van der Waals surface area contributed by atoms with Crippen molar-refractivity contribution in [2.75, 3.05) is 18.8 Å². The molecule has 0 aliphatic heterocycles. The van der Waals surface area contributed by atoms with Crippen molar-refractivity contribution in [1.29, 1.82) is 0 Å². The van der Waals surface area contributed by atoms with E-state index in [0.717, 1.165) is 18.7 Å². The molecule has 0 amide bonds. The van der Waals surface area contributed by atoms with E-state index in [4.69, 9.17) is 11.5 Å². The van der Waals surface area contributed by atoms with Crippen molar-refractivity contribution in [2.45, 2.75) is 6.54 Å². The fourth-order valence-corrected chi connectivity index (χ4v) is 0.954. The Labute approximate surface area is 71.7 Å². The predicted octanol–water partition coefficient (Wildman–Crippen LogP) is -0.949. The molecule has 0 aliphatic rings. The molecule has 0 atom stereocenters. The number of aryl methyl sites for hydroxylation is 1.